The number of likely N-dealkylation sites (tertiary alicyclic amines) is 1. The SMILES string of the molecule is CC1CN(C)CCC12CN=C(N)N2C. The number of nitrogens with zero attached hydrogens (tertiary/aromatic N) is 3. The fraction of sp³-hybridized carbons (Fsp3) is 0.900. The summed E-state index contributed by atoms with van der Waals surface area (Å²) in [6, 6.07) is 0. The highest BCUT2D eigenvalue weighted by molar-refractivity contribution is 5.80. The van der Waals surface area contributed by atoms with Gasteiger partial charge in [0.1, 0.15) is 0 Å². The van der Waals surface area contributed by atoms with E-state index in [0.29, 0.717) is 11.9 Å². The van der Waals surface area contributed by atoms with Gasteiger partial charge in [0.2, 0.25) is 0 Å². The van der Waals surface area contributed by atoms with Crippen LogP contribution in [0.4, 0.5) is 0 Å². The monoisotopic (exact) mass is 196 g/mol. The maximum absolute atomic E-state index is 5.84. The Bertz CT molecular complexity index is 263. The number of likely N-dealkylation sites (N-methyl/N-ethyl adjacent to an activating group) is 1. The topological polar surface area (TPSA) is 44.9 Å². The lowest BCUT2D eigenvalue weighted by molar-refractivity contribution is 0.0575. The third-order valence-corrected chi connectivity index (χ3v) is 3.96. The van der Waals surface area contributed by atoms with Crippen molar-refractivity contribution in [2.75, 3.05) is 33.7 Å². The van der Waals surface area contributed by atoms with E-state index in [0.717, 1.165) is 19.6 Å². The maximum atomic E-state index is 5.84. The molecular formula is C10H20N4. The first kappa shape index (κ1) is 9.77. The van der Waals surface area contributed by atoms with Crippen LogP contribution in [0.3, 0.4) is 0 Å². The summed E-state index contributed by atoms with van der Waals surface area (Å²) < 4.78 is 0. The second-order valence-electron chi connectivity index (χ2n) is 4.75. The molecule has 0 amide bonds. The molecule has 4 heteroatoms. The van der Waals surface area contributed by atoms with Crippen LogP contribution in [0.5, 0.6) is 0 Å². The van der Waals surface area contributed by atoms with Gasteiger partial charge in [-0.25, -0.2) is 0 Å². The van der Waals surface area contributed by atoms with Gasteiger partial charge in [0.05, 0.1) is 12.1 Å². The standard InChI is InChI=1S/C10H20N4/c1-8-6-13(2)5-4-10(8)7-12-9(11)14(10)3/h8H,4-7H2,1-3H3,(H2,11,12). The van der Waals surface area contributed by atoms with Gasteiger partial charge in [-0.3, -0.25) is 4.99 Å². The van der Waals surface area contributed by atoms with E-state index >= 15 is 0 Å². The highest BCUT2D eigenvalue weighted by atomic mass is 15.4. The van der Waals surface area contributed by atoms with Crippen molar-refractivity contribution in [1.29, 1.82) is 0 Å². The number of guanidine groups is 1. The normalized spacial score (nSPS) is 39.2. The molecule has 80 valence electrons. The van der Waals surface area contributed by atoms with Gasteiger partial charge in [0.25, 0.3) is 0 Å². The molecule has 2 rings (SSSR count). The molecule has 0 bridgehead atoms. The molecule has 2 N–H and O–H groups in total. The lowest BCUT2D eigenvalue weighted by atomic mass is 9.78. The van der Waals surface area contributed by atoms with Gasteiger partial charge in [0, 0.05) is 20.1 Å². The van der Waals surface area contributed by atoms with E-state index in [4.69, 9.17) is 5.73 Å². The van der Waals surface area contributed by atoms with E-state index < -0.39 is 0 Å². The van der Waals surface area contributed by atoms with Crippen molar-refractivity contribution in [3.05, 3.63) is 0 Å². The zero-order chi connectivity index (χ0) is 10.3. The van der Waals surface area contributed by atoms with Crippen LogP contribution in [0.1, 0.15) is 13.3 Å². The average molecular weight is 196 g/mol. The smallest absolute Gasteiger partial charge is 0.191 e. The number of piperidine rings is 1. The summed E-state index contributed by atoms with van der Waals surface area (Å²) in [7, 11) is 4.26. The summed E-state index contributed by atoms with van der Waals surface area (Å²) >= 11 is 0. The number of nitrogens with two attached hydrogens (primary N) is 1. The molecule has 2 heterocycles. The molecule has 14 heavy (non-hydrogen) atoms. The molecule has 0 saturated carbocycles. The molecular weight excluding hydrogens is 176 g/mol. The number of aliphatic imine (C=N–C) groups is 1. The summed E-state index contributed by atoms with van der Waals surface area (Å²) in [5.41, 5.74) is 6.05. The Morgan fingerprint density at radius 3 is 2.71 bits per heavy atom. The first-order chi connectivity index (χ1) is 6.56. The third kappa shape index (κ3) is 1.21. The van der Waals surface area contributed by atoms with E-state index in [2.05, 4.69) is 35.8 Å². The second-order valence-corrected chi connectivity index (χ2v) is 4.75. The third-order valence-electron chi connectivity index (χ3n) is 3.96. The summed E-state index contributed by atoms with van der Waals surface area (Å²) in [5, 5.41) is 0. The second kappa shape index (κ2) is 3.12. The van der Waals surface area contributed by atoms with Gasteiger partial charge in [-0.1, -0.05) is 6.92 Å². The first-order valence-electron chi connectivity index (χ1n) is 5.28. The Morgan fingerprint density at radius 1 is 1.50 bits per heavy atom. The molecule has 0 aromatic rings. The van der Waals surface area contributed by atoms with Crippen LogP contribution >= 0.6 is 0 Å². The molecule has 1 saturated heterocycles. The molecule has 1 spiro atoms. The van der Waals surface area contributed by atoms with Crippen molar-refractivity contribution < 1.29 is 0 Å². The summed E-state index contributed by atoms with van der Waals surface area (Å²) in [6.07, 6.45) is 1.17. The van der Waals surface area contributed by atoms with Crippen molar-refractivity contribution in [1.82, 2.24) is 9.80 Å². The van der Waals surface area contributed by atoms with Gasteiger partial charge in [-0.2, -0.15) is 0 Å². The van der Waals surface area contributed by atoms with Gasteiger partial charge >= 0.3 is 0 Å². The minimum absolute atomic E-state index is 0.205. The molecule has 0 radical (unpaired) electrons. The van der Waals surface area contributed by atoms with E-state index in [1.165, 1.54) is 6.42 Å². The van der Waals surface area contributed by atoms with Crippen molar-refractivity contribution in [3.8, 4) is 0 Å². The minimum Gasteiger partial charge on any atom is -0.370 e. The summed E-state index contributed by atoms with van der Waals surface area (Å²) in [4.78, 5) is 8.94. The van der Waals surface area contributed by atoms with Crippen LogP contribution in [0.15, 0.2) is 4.99 Å². The van der Waals surface area contributed by atoms with E-state index in [1.807, 2.05) is 0 Å². The zero-order valence-electron chi connectivity index (χ0n) is 9.32. The lowest BCUT2D eigenvalue weighted by Gasteiger charge is -2.47. The predicted octanol–water partition coefficient (Wildman–Crippen LogP) is -0.0431. The van der Waals surface area contributed by atoms with Crippen molar-refractivity contribution >= 4 is 5.96 Å². The van der Waals surface area contributed by atoms with Crippen LogP contribution in [-0.4, -0.2) is 55.0 Å². The fourth-order valence-electron chi connectivity index (χ4n) is 2.75. The van der Waals surface area contributed by atoms with Crippen LogP contribution in [0.25, 0.3) is 0 Å². The molecule has 2 aliphatic heterocycles. The number of rotatable bonds is 0. The molecule has 2 aliphatic rings. The summed E-state index contributed by atoms with van der Waals surface area (Å²) in [5.74, 6) is 1.34. The molecule has 0 aliphatic carbocycles. The quantitative estimate of drug-likeness (QED) is 0.591. The Labute approximate surface area is 85.8 Å². The minimum atomic E-state index is 0.205. The van der Waals surface area contributed by atoms with Gasteiger partial charge in [-0.05, 0) is 19.4 Å². The van der Waals surface area contributed by atoms with Gasteiger partial charge in [0.15, 0.2) is 5.96 Å². The fourth-order valence-corrected chi connectivity index (χ4v) is 2.75. The van der Waals surface area contributed by atoms with Crippen LogP contribution in [-0.2, 0) is 0 Å². The molecule has 0 aromatic carbocycles. The van der Waals surface area contributed by atoms with Crippen LogP contribution < -0.4 is 5.73 Å². The van der Waals surface area contributed by atoms with Gasteiger partial charge < -0.3 is 15.5 Å². The van der Waals surface area contributed by atoms with Crippen LogP contribution in [0, 0.1) is 5.92 Å². The van der Waals surface area contributed by atoms with E-state index in [9.17, 15) is 0 Å². The van der Waals surface area contributed by atoms with Crippen molar-refractivity contribution in [2.45, 2.75) is 18.9 Å². The number of hydrogen-bond donors (Lipinski definition) is 1. The zero-order valence-corrected chi connectivity index (χ0v) is 9.32. The highest BCUT2D eigenvalue weighted by Gasteiger charge is 2.46. The highest BCUT2D eigenvalue weighted by Crippen LogP contribution is 2.35. The largest absolute Gasteiger partial charge is 0.370 e. The molecule has 2 atom stereocenters. The van der Waals surface area contributed by atoms with E-state index in [1.54, 1.807) is 0 Å². The van der Waals surface area contributed by atoms with Crippen molar-refractivity contribution in [3.63, 3.8) is 0 Å². The van der Waals surface area contributed by atoms with Gasteiger partial charge in [-0.15, -0.1) is 0 Å². The Morgan fingerprint density at radius 2 is 2.21 bits per heavy atom. The molecule has 0 aromatic heterocycles. The molecule has 1 fully saturated rings. The molecule has 4 nitrogen and oxygen atoms in total. The molecule has 2 unspecified atom stereocenters. The maximum Gasteiger partial charge on any atom is 0.191 e. The van der Waals surface area contributed by atoms with Crippen LogP contribution in [0.2, 0.25) is 0 Å². The Kier molecular flexibility index (Phi) is 2.18. The van der Waals surface area contributed by atoms with Crippen molar-refractivity contribution in [2.24, 2.45) is 16.6 Å². The Hall–Kier alpha value is -0.770. The predicted molar refractivity (Wildman–Crippen MR) is 58.3 cm³/mol. The first-order valence-corrected chi connectivity index (χ1v) is 5.28. The Balaban J connectivity index is 2.18. The van der Waals surface area contributed by atoms with E-state index in [-0.39, 0.29) is 5.54 Å². The number of hydrogen-bond acceptors (Lipinski definition) is 4. The summed E-state index contributed by atoms with van der Waals surface area (Å²) in [6.45, 7) is 5.48. The lowest BCUT2D eigenvalue weighted by Crippen LogP contribution is -2.59. The average Bonchev–Trinajstić information content (AvgIpc) is 2.42.